The second-order valence-corrected chi connectivity index (χ2v) is 5.01. The molecule has 0 bridgehead atoms. The van der Waals surface area contributed by atoms with Crippen LogP contribution in [0, 0.1) is 5.92 Å². The first-order valence-electron chi connectivity index (χ1n) is 6.53. The molecule has 0 aliphatic heterocycles. The smallest absolute Gasteiger partial charge is 0.225 e. The van der Waals surface area contributed by atoms with Crippen LogP contribution in [-0.4, -0.2) is 19.4 Å². The van der Waals surface area contributed by atoms with Crippen molar-refractivity contribution in [3.63, 3.8) is 0 Å². The van der Waals surface area contributed by atoms with E-state index in [1.807, 2.05) is 18.2 Å². The molecule has 2 aromatic rings. The molecule has 0 spiro atoms. The lowest BCUT2D eigenvalue weighted by atomic mass is 9.98. The van der Waals surface area contributed by atoms with E-state index in [0.29, 0.717) is 29.0 Å². The number of nitrogen functional groups attached to an aromatic ring is 1. The van der Waals surface area contributed by atoms with Gasteiger partial charge in [-0.2, -0.15) is 0 Å². The van der Waals surface area contributed by atoms with Gasteiger partial charge >= 0.3 is 0 Å². The average molecular weight is 276 g/mol. The van der Waals surface area contributed by atoms with Crippen LogP contribution in [0.25, 0.3) is 11.3 Å². The first-order chi connectivity index (χ1) is 9.58. The molecule has 1 heterocycles. The van der Waals surface area contributed by atoms with Crippen LogP contribution in [0.5, 0.6) is 11.5 Å². The molecule has 0 saturated carbocycles. The van der Waals surface area contributed by atoms with Crippen molar-refractivity contribution in [2.75, 3.05) is 20.0 Å². The number of methoxy groups -OCH3 is 2. The van der Waals surface area contributed by atoms with E-state index in [4.69, 9.17) is 19.7 Å². The fourth-order valence-corrected chi connectivity index (χ4v) is 2.21. The average Bonchev–Trinajstić information content (AvgIpc) is 2.78. The molecule has 5 nitrogen and oxygen atoms in total. The third kappa shape index (κ3) is 2.57. The van der Waals surface area contributed by atoms with Gasteiger partial charge in [0.25, 0.3) is 0 Å². The van der Waals surface area contributed by atoms with Gasteiger partial charge in [0.1, 0.15) is 5.69 Å². The molecule has 108 valence electrons. The van der Waals surface area contributed by atoms with Crippen LogP contribution in [0.1, 0.15) is 19.4 Å². The lowest BCUT2D eigenvalue weighted by molar-refractivity contribution is 0.355. The van der Waals surface area contributed by atoms with Gasteiger partial charge in [0.05, 0.1) is 14.2 Å². The summed E-state index contributed by atoms with van der Waals surface area (Å²) in [7, 11) is 3.21. The first kappa shape index (κ1) is 14.2. The molecule has 0 aliphatic carbocycles. The van der Waals surface area contributed by atoms with Crippen LogP contribution >= 0.6 is 0 Å². The van der Waals surface area contributed by atoms with E-state index in [0.717, 1.165) is 17.5 Å². The highest BCUT2D eigenvalue weighted by molar-refractivity contribution is 5.75. The maximum Gasteiger partial charge on any atom is 0.225 e. The molecule has 0 amide bonds. The van der Waals surface area contributed by atoms with E-state index in [-0.39, 0.29) is 0 Å². The van der Waals surface area contributed by atoms with Gasteiger partial charge in [-0.3, -0.25) is 0 Å². The van der Waals surface area contributed by atoms with Crippen LogP contribution < -0.4 is 15.2 Å². The Morgan fingerprint density at radius 2 is 2.00 bits per heavy atom. The minimum absolute atomic E-state index is 0.360. The standard InChI is InChI=1S/C15H20N2O3/c1-9(2)8-11-13(17-20-15(11)16)10-6-5-7-12(18-3)14(10)19-4/h5-7,9H,8,16H2,1-4H3. The molecule has 0 fully saturated rings. The molecule has 1 aromatic heterocycles. The van der Waals surface area contributed by atoms with Gasteiger partial charge in [-0.25, -0.2) is 0 Å². The number of hydrogen-bond acceptors (Lipinski definition) is 5. The summed E-state index contributed by atoms with van der Waals surface area (Å²) >= 11 is 0. The number of nitrogens with zero attached hydrogens (tertiary/aromatic N) is 1. The van der Waals surface area contributed by atoms with Crippen molar-refractivity contribution < 1.29 is 14.0 Å². The highest BCUT2D eigenvalue weighted by Gasteiger charge is 2.21. The monoisotopic (exact) mass is 276 g/mol. The van der Waals surface area contributed by atoms with Crippen molar-refractivity contribution >= 4 is 5.88 Å². The largest absolute Gasteiger partial charge is 0.493 e. The normalized spacial score (nSPS) is 10.8. The summed E-state index contributed by atoms with van der Waals surface area (Å²) in [4.78, 5) is 0. The Labute approximate surface area is 118 Å². The summed E-state index contributed by atoms with van der Waals surface area (Å²) < 4.78 is 15.9. The van der Waals surface area contributed by atoms with Crippen LogP contribution in [0.15, 0.2) is 22.7 Å². The number of aromatic nitrogens is 1. The number of rotatable bonds is 5. The second kappa shape index (κ2) is 5.86. The zero-order chi connectivity index (χ0) is 14.7. The minimum Gasteiger partial charge on any atom is -0.493 e. The fraction of sp³-hybridized carbons (Fsp3) is 0.400. The van der Waals surface area contributed by atoms with Crippen molar-refractivity contribution in [3.8, 4) is 22.8 Å². The predicted molar refractivity (Wildman–Crippen MR) is 78.0 cm³/mol. The number of nitrogens with two attached hydrogens (primary N) is 1. The van der Waals surface area contributed by atoms with Crippen molar-refractivity contribution in [1.82, 2.24) is 5.16 Å². The Morgan fingerprint density at radius 3 is 2.60 bits per heavy atom. The van der Waals surface area contributed by atoms with Crippen molar-refractivity contribution in [3.05, 3.63) is 23.8 Å². The fourth-order valence-electron chi connectivity index (χ4n) is 2.21. The molecule has 2 rings (SSSR count). The summed E-state index contributed by atoms with van der Waals surface area (Å²) in [5.41, 5.74) is 8.33. The molecule has 0 radical (unpaired) electrons. The lowest BCUT2D eigenvalue weighted by Gasteiger charge is -2.12. The Kier molecular flexibility index (Phi) is 4.17. The quantitative estimate of drug-likeness (QED) is 0.908. The van der Waals surface area contributed by atoms with Gasteiger partial charge in [-0.05, 0) is 24.5 Å². The van der Waals surface area contributed by atoms with Gasteiger partial charge in [0, 0.05) is 11.1 Å². The van der Waals surface area contributed by atoms with Crippen molar-refractivity contribution in [2.24, 2.45) is 5.92 Å². The van der Waals surface area contributed by atoms with E-state index in [1.54, 1.807) is 14.2 Å². The molecule has 0 aliphatic rings. The zero-order valence-corrected chi connectivity index (χ0v) is 12.3. The van der Waals surface area contributed by atoms with Crippen molar-refractivity contribution in [2.45, 2.75) is 20.3 Å². The predicted octanol–water partition coefficient (Wildman–Crippen LogP) is 3.14. The molecule has 0 unspecified atom stereocenters. The van der Waals surface area contributed by atoms with E-state index < -0.39 is 0 Å². The highest BCUT2D eigenvalue weighted by Crippen LogP contribution is 2.40. The van der Waals surface area contributed by atoms with Crippen LogP contribution in [-0.2, 0) is 6.42 Å². The summed E-state index contributed by atoms with van der Waals surface area (Å²) in [6.07, 6.45) is 0.797. The van der Waals surface area contributed by atoms with Gasteiger partial charge in [0.15, 0.2) is 11.5 Å². The number of hydrogen-bond donors (Lipinski definition) is 1. The highest BCUT2D eigenvalue weighted by atomic mass is 16.5. The lowest BCUT2D eigenvalue weighted by Crippen LogP contribution is -2.00. The maximum absolute atomic E-state index is 5.89. The molecule has 1 aromatic carbocycles. The van der Waals surface area contributed by atoms with E-state index in [9.17, 15) is 0 Å². The van der Waals surface area contributed by atoms with Crippen LogP contribution in [0.3, 0.4) is 0 Å². The molecule has 5 heteroatoms. The Morgan fingerprint density at radius 1 is 1.25 bits per heavy atom. The number of para-hydroxylation sites is 1. The third-order valence-corrected chi connectivity index (χ3v) is 3.09. The minimum atomic E-state index is 0.360. The second-order valence-electron chi connectivity index (χ2n) is 5.01. The zero-order valence-electron chi connectivity index (χ0n) is 12.3. The Bertz CT molecular complexity index is 591. The molecule has 20 heavy (non-hydrogen) atoms. The summed E-state index contributed by atoms with van der Waals surface area (Å²) in [5.74, 6) is 2.10. The van der Waals surface area contributed by atoms with E-state index >= 15 is 0 Å². The first-order valence-corrected chi connectivity index (χ1v) is 6.53. The summed E-state index contributed by atoms with van der Waals surface area (Å²) in [6, 6.07) is 5.65. The SMILES string of the molecule is COc1cccc(-c2noc(N)c2CC(C)C)c1OC. The topological polar surface area (TPSA) is 70.5 Å². The molecular formula is C15H20N2O3. The number of anilines is 1. The van der Waals surface area contributed by atoms with Gasteiger partial charge < -0.3 is 19.7 Å². The Balaban J connectivity index is 2.57. The summed E-state index contributed by atoms with van der Waals surface area (Å²) in [5, 5.41) is 4.09. The molecule has 2 N–H and O–H groups in total. The van der Waals surface area contributed by atoms with E-state index in [2.05, 4.69) is 19.0 Å². The summed E-state index contributed by atoms with van der Waals surface area (Å²) in [6.45, 7) is 4.25. The third-order valence-electron chi connectivity index (χ3n) is 3.09. The van der Waals surface area contributed by atoms with Crippen molar-refractivity contribution in [1.29, 1.82) is 0 Å². The van der Waals surface area contributed by atoms with Gasteiger partial charge in [0.2, 0.25) is 5.88 Å². The van der Waals surface area contributed by atoms with E-state index in [1.165, 1.54) is 0 Å². The molecule has 0 atom stereocenters. The maximum atomic E-state index is 5.89. The van der Waals surface area contributed by atoms with Gasteiger partial charge in [-0.15, -0.1) is 0 Å². The van der Waals surface area contributed by atoms with Crippen LogP contribution in [0.2, 0.25) is 0 Å². The molecular weight excluding hydrogens is 256 g/mol. The van der Waals surface area contributed by atoms with Crippen LogP contribution in [0.4, 0.5) is 5.88 Å². The number of benzene rings is 1. The molecule has 0 saturated heterocycles. The number of ether oxygens (including phenoxy) is 2. The Hall–Kier alpha value is -2.17. The van der Waals surface area contributed by atoms with Gasteiger partial charge in [-0.1, -0.05) is 25.1 Å².